The summed E-state index contributed by atoms with van der Waals surface area (Å²) in [5.41, 5.74) is 20.3. The Labute approximate surface area is 322 Å². The molecule has 0 N–H and O–H groups in total. The average Bonchev–Trinajstić information content (AvgIpc) is 3.21. The molecule has 0 radical (unpaired) electrons. The molecule has 0 saturated heterocycles. The summed E-state index contributed by atoms with van der Waals surface area (Å²) in [6.07, 6.45) is 12.4. The van der Waals surface area contributed by atoms with Gasteiger partial charge in [0.05, 0.1) is 11.4 Å². The molecule has 7 aromatic rings. The van der Waals surface area contributed by atoms with Gasteiger partial charge in [0.15, 0.2) is 0 Å². The van der Waals surface area contributed by atoms with Crippen LogP contribution in [0.2, 0.25) is 0 Å². The fourth-order valence-corrected chi connectivity index (χ4v) is 8.77. The second kappa shape index (κ2) is 15.4. The van der Waals surface area contributed by atoms with Gasteiger partial charge in [-0.1, -0.05) is 141 Å². The number of benzene rings is 5. The lowest BCUT2D eigenvalue weighted by molar-refractivity contribution is 0.319. The van der Waals surface area contributed by atoms with Gasteiger partial charge in [-0.3, -0.25) is 9.97 Å². The van der Waals surface area contributed by atoms with E-state index in [1.807, 2.05) is 24.5 Å². The first-order valence-electron chi connectivity index (χ1n) is 19.7. The summed E-state index contributed by atoms with van der Waals surface area (Å²) in [7, 11) is 0. The predicted octanol–water partition coefficient (Wildman–Crippen LogP) is 13.7. The van der Waals surface area contributed by atoms with E-state index in [-0.39, 0.29) is 0 Å². The molecule has 54 heavy (non-hydrogen) atoms. The van der Waals surface area contributed by atoms with E-state index >= 15 is 0 Å². The number of hydrogen-bond donors (Lipinski definition) is 0. The highest BCUT2D eigenvalue weighted by molar-refractivity contribution is 5.85. The molecule has 1 saturated carbocycles. The van der Waals surface area contributed by atoms with E-state index in [0.29, 0.717) is 5.41 Å². The van der Waals surface area contributed by atoms with Crippen molar-refractivity contribution in [2.75, 3.05) is 0 Å². The molecular weight excluding hydrogens is 653 g/mol. The number of aromatic nitrogens is 2. The van der Waals surface area contributed by atoms with Gasteiger partial charge in [-0.2, -0.15) is 0 Å². The van der Waals surface area contributed by atoms with Crippen molar-refractivity contribution in [3.05, 3.63) is 179 Å². The van der Waals surface area contributed by atoms with Crippen molar-refractivity contribution >= 4 is 0 Å². The van der Waals surface area contributed by atoms with Crippen molar-refractivity contribution in [3.63, 3.8) is 0 Å². The van der Waals surface area contributed by atoms with Crippen LogP contribution in [0.4, 0.5) is 0 Å². The Kier molecular flexibility index (Phi) is 10.1. The maximum Gasteiger partial charge on any atom is 0.0708 e. The van der Waals surface area contributed by atoms with Crippen LogP contribution in [-0.4, -0.2) is 9.97 Å². The summed E-state index contributed by atoms with van der Waals surface area (Å²) in [6.45, 7) is 9.24. The summed E-state index contributed by atoms with van der Waals surface area (Å²) in [6, 6.07) is 49.1. The van der Waals surface area contributed by atoms with E-state index in [0.717, 1.165) is 35.4 Å². The van der Waals surface area contributed by atoms with Gasteiger partial charge in [0.25, 0.3) is 0 Å². The monoisotopic (exact) mass is 702 g/mol. The third kappa shape index (κ3) is 7.57. The number of hydrogen-bond acceptors (Lipinski definition) is 2. The first-order chi connectivity index (χ1) is 26.3. The zero-order valence-electron chi connectivity index (χ0n) is 32.2. The maximum atomic E-state index is 4.84. The SMILES string of the molecule is Cc1cc(CCc2ccc(-c3ccccn3)cc2)cc(-c2ccccc2-c2ccc(-c3cc(-c4c(C)cc(C5(C)CCCCC5)cc4C)ccn3)cc2)c1. The highest BCUT2D eigenvalue weighted by Gasteiger charge is 2.29. The predicted molar refractivity (Wildman–Crippen MR) is 228 cm³/mol. The van der Waals surface area contributed by atoms with Crippen LogP contribution in [0.25, 0.3) is 55.9 Å². The second-order valence-corrected chi connectivity index (χ2v) is 15.8. The summed E-state index contributed by atoms with van der Waals surface area (Å²) < 4.78 is 0. The third-order valence-corrected chi connectivity index (χ3v) is 11.7. The molecule has 0 spiro atoms. The molecule has 2 heterocycles. The Hall–Kier alpha value is -5.60. The highest BCUT2D eigenvalue weighted by atomic mass is 14.7. The minimum absolute atomic E-state index is 0.298. The van der Waals surface area contributed by atoms with E-state index in [9.17, 15) is 0 Å². The topological polar surface area (TPSA) is 25.8 Å². The lowest BCUT2D eigenvalue weighted by Gasteiger charge is -2.35. The van der Waals surface area contributed by atoms with E-state index in [2.05, 4.69) is 154 Å². The molecule has 1 aliphatic carbocycles. The van der Waals surface area contributed by atoms with Crippen LogP contribution in [0.1, 0.15) is 72.4 Å². The minimum atomic E-state index is 0.298. The van der Waals surface area contributed by atoms with Crippen LogP contribution in [0.5, 0.6) is 0 Å². The minimum Gasteiger partial charge on any atom is -0.256 e. The molecule has 0 aliphatic heterocycles. The number of nitrogens with zero attached hydrogens (tertiary/aromatic N) is 2. The smallest absolute Gasteiger partial charge is 0.0708 e. The van der Waals surface area contributed by atoms with Gasteiger partial charge in [0, 0.05) is 23.5 Å². The number of rotatable bonds is 9. The summed E-state index contributed by atoms with van der Waals surface area (Å²) in [4.78, 5) is 9.34. The molecule has 1 aliphatic rings. The van der Waals surface area contributed by atoms with Gasteiger partial charge in [0.1, 0.15) is 0 Å². The Morgan fingerprint density at radius 3 is 1.80 bits per heavy atom. The Balaban J connectivity index is 1.01. The molecule has 0 bridgehead atoms. The summed E-state index contributed by atoms with van der Waals surface area (Å²) in [5.74, 6) is 0. The first kappa shape index (κ1) is 35.4. The molecular formula is C52H50N2. The quantitative estimate of drug-likeness (QED) is 0.150. The van der Waals surface area contributed by atoms with E-state index < -0.39 is 0 Å². The van der Waals surface area contributed by atoms with Crippen LogP contribution < -0.4 is 0 Å². The van der Waals surface area contributed by atoms with Gasteiger partial charge >= 0.3 is 0 Å². The Morgan fingerprint density at radius 1 is 0.481 bits per heavy atom. The van der Waals surface area contributed by atoms with Crippen LogP contribution in [-0.2, 0) is 18.3 Å². The fraction of sp³-hybridized carbons (Fsp3) is 0.231. The third-order valence-electron chi connectivity index (χ3n) is 11.7. The van der Waals surface area contributed by atoms with Gasteiger partial charge in [-0.05, 0) is 137 Å². The second-order valence-electron chi connectivity index (χ2n) is 15.8. The van der Waals surface area contributed by atoms with Crippen LogP contribution in [0.3, 0.4) is 0 Å². The zero-order chi connectivity index (χ0) is 37.1. The van der Waals surface area contributed by atoms with E-state index in [4.69, 9.17) is 4.98 Å². The summed E-state index contributed by atoms with van der Waals surface area (Å²) >= 11 is 0. The largest absolute Gasteiger partial charge is 0.256 e. The van der Waals surface area contributed by atoms with Crippen molar-refractivity contribution in [3.8, 4) is 55.9 Å². The summed E-state index contributed by atoms with van der Waals surface area (Å²) in [5, 5.41) is 0. The standard InChI is InChI=1S/C52H50N2/c1-36-30-40(16-15-39-17-19-42(20-18-39)49-14-8-11-28-53-49)34-45(31-36)48-13-7-6-12-47(48)41-21-23-43(24-22-41)50-35-44(25-29-54-50)51-37(2)32-46(33-38(51)3)52(4)26-9-5-10-27-52/h6-8,11-14,17-25,28-35H,5,9-10,15-16,26-27H2,1-4H3. The molecule has 0 amide bonds. The molecule has 2 aromatic heterocycles. The molecule has 1 fully saturated rings. The lowest BCUT2D eigenvalue weighted by Crippen LogP contribution is -2.25. The molecule has 0 unspecified atom stereocenters. The van der Waals surface area contributed by atoms with E-state index in [1.165, 1.54) is 98.9 Å². The van der Waals surface area contributed by atoms with Crippen molar-refractivity contribution in [2.45, 2.75) is 78.1 Å². The van der Waals surface area contributed by atoms with Crippen molar-refractivity contribution < 1.29 is 0 Å². The molecule has 5 aromatic carbocycles. The van der Waals surface area contributed by atoms with Crippen molar-refractivity contribution in [2.24, 2.45) is 0 Å². The molecule has 0 atom stereocenters. The Bertz CT molecular complexity index is 2360. The lowest BCUT2D eigenvalue weighted by atomic mass is 9.70. The van der Waals surface area contributed by atoms with E-state index in [1.54, 1.807) is 0 Å². The van der Waals surface area contributed by atoms with Gasteiger partial charge in [0.2, 0.25) is 0 Å². The maximum absolute atomic E-state index is 4.84. The Morgan fingerprint density at radius 2 is 1.09 bits per heavy atom. The average molecular weight is 703 g/mol. The van der Waals surface area contributed by atoms with Crippen molar-refractivity contribution in [1.82, 2.24) is 9.97 Å². The molecule has 268 valence electrons. The van der Waals surface area contributed by atoms with Crippen LogP contribution in [0.15, 0.2) is 146 Å². The highest BCUT2D eigenvalue weighted by Crippen LogP contribution is 2.42. The van der Waals surface area contributed by atoms with Crippen molar-refractivity contribution in [1.29, 1.82) is 0 Å². The van der Waals surface area contributed by atoms with Crippen LogP contribution in [0, 0.1) is 20.8 Å². The first-order valence-corrected chi connectivity index (χ1v) is 19.7. The molecule has 8 rings (SSSR count). The van der Waals surface area contributed by atoms with Gasteiger partial charge in [-0.25, -0.2) is 0 Å². The van der Waals surface area contributed by atoms with Gasteiger partial charge < -0.3 is 0 Å². The molecule has 2 heteroatoms. The van der Waals surface area contributed by atoms with Gasteiger partial charge in [-0.15, -0.1) is 0 Å². The van der Waals surface area contributed by atoms with Crippen LogP contribution >= 0.6 is 0 Å². The number of pyridine rings is 2. The zero-order valence-corrected chi connectivity index (χ0v) is 32.2. The number of aryl methyl sites for hydroxylation is 5. The fourth-order valence-electron chi connectivity index (χ4n) is 8.77. The normalized spacial score (nSPS) is 13.9. The molecule has 2 nitrogen and oxygen atoms in total.